The molecule has 82 valence electrons. The van der Waals surface area contributed by atoms with Crippen LogP contribution in [0.1, 0.15) is 51.4 Å². The molecule has 3 atom stereocenters. The van der Waals surface area contributed by atoms with Gasteiger partial charge in [0.15, 0.2) is 0 Å². The van der Waals surface area contributed by atoms with E-state index in [0.29, 0.717) is 16.5 Å². The first kappa shape index (κ1) is 10.6. The van der Waals surface area contributed by atoms with Crippen molar-refractivity contribution in [1.82, 2.24) is 0 Å². The Morgan fingerprint density at radius 2 is 1.57 bits per heavy atom. The maximum Gasteiger partial charge on any atom is 0.0365 e. The van der Waals surface area contributed by atoms with Gasteiger partial charge in [-0.1, -0.05) is 19.3 Å². The van der Waals surface area contributed by atoms with Crippen LogP contribution in [0.4, 0.5) is 0 Å². The number of hydrogen-bond donors (Lipinski definition) is 1. The molecule has 0 aromatic carbocycles. The lowest BCUT2D eigenvalue weighted by Gasteiger charge is -2.27. The van der Waals surface area contributed by atoms with E-state index < -0.39 is 10.8 Å². The summed E-state index contributed by atoms with van der Waals surface area (Å²) >= 11 is 0. The topological polar surface area (TPSA) is 43.1 Å². The summed E-state index contributed by atoms with van der Waals surface area (Å²) in [4.78, 5) is 0. The van der Waals surface area contributed by atoms with Crippen molar-refractivity contribution >= 4 is 10.8 Å². The van der Waals surface area contributed by atoms with Crippen molar-refractivity contribution < 1.29 is 4.21 Å². The molecule has 0 spiro atoms. The predicted molar refractivity (Wildman–Crippen MR) is 60.6 cm³/mol. The van der Waals surface area contributed by atoms with E-state index in [1.807, 2.05) is 0 Å². The zero-order valence-electron chi connectivity index (χ0n) is 8.78. The molecule has 0 bridgehead atoms. The van der Waals surface area contributed by atoms with Crippen molar-refractivity contribution in [3.8, 4) is 0 Å². The van der Waals surface area contributed by atoms with Crippen LogP contribution in [-0.4, -0.2) is 20.8 Å². The largest absolute Gasteiger partial charge is 0.328 e. The maximum absolute atomic E-state index is 12.2. The molecule has 0 radical (unpaired) electrons. The lowest BCUT2D eigenvalue weighted by atomic mass is 9.96. The zero-order valence-corrected chi connectivity index (χ0v) is 9.60. The van der Waals surface area contributed by atoms with Gasteiger partial charge in [-0.05, 0) is 32.1 Å². The third-order valence-electron chi connectivity index (χ3n) is 3.63. The summed E-state index contributed by atoms with van der Waals surface area (Å²) in [5.74, 6) is 0. The second kappa shape index (κ2) is 4.75. The predicted octanol–water partition coefficient (Wildman–Crippen LogP) is 1.95. The normalized spacial score (nSPS) is 37.2. The SMILES string of the molecule is NC1CCCC(S(=O)C2CCCC2)C1. The van der Waals surface area contributed by atoms with Crippen LogP contribution < -0.4 is 5.73 Å². The van der Waals surface area contributed by atoms with Crippen molar-refractivity contribution in [3.63, 3.8) is 0 Å². The van der Waals surface area contributed by atoms with Crippen LogP contribution in [0.25, 0.3) is 0 Å². The molecule has 2 rings (SSSR count). The Hall–Kier alpha value is 0.110. The monoisotopic (exact) mass is 215 g/mol. The Bertz CT molecular complexity index is 213. The third-order valence-corrected chi connectivity index (χ3v) is 5.84. The molecule has 2 N–H and O–H groups in total. The highest BCUT2D eigenvalue weighted by molar-refractivity contribution is 7.86. The van der Waals surface area contributed by atoms with Crippen LogP contribution in [0.5, 0.6) is 0 Å². The van der Waals surface area contributed by atoms with Crippen LogP contribution in [0, 0.1) is 0 Å². The highest BCUT2D eigenvalue weighted by Gasteiger charge is 2.30. The summed E-state index contributed by atoms with van der Waals surface area (Å²) in [6, 6.07) is 0.319. The van der Waals surface area contributed by atoms with Gasteiger partial charge in [-0.2, -0.15) is 0 Å². The summed E-state index contributed by atoms with van der Waals surface area (Å²) in [7, 11) is -0.582. The van der Waals surface area contributed by atoms with Crippen molar-refractivity contribution in [3.05, 3.63) is 0 Å². The van der Waals surface area contributed by atoms with Crippen LogP contribution in [0.15, 0.2) is 0 Å². The first-order valence-electron chi connectivity index (χ1n) is 5.92. The lowest BCUT2D eigenvalue weighted by Crippen LogP contribution is -2.35. The second-order valence-electron chi connectivity index (χ2n) is 4.78. The van der Waals surface area contributed by atoms with E-state index >= 15 is 0 Å². The fraction of sp³-hybridized carbons (Fsp3) is 1.00. The minimum absolute atomic E-state index is 0.319. The smallest absolute Gasteiger partial charge is 0.0365 e. The van der Waals surface area contributed by atoms with Gasteiger partial charge in [0.25, 0.3) is 0 Å². The molecule has 0 aromatic rings. The summed E-state index contributed by atoms with van der Waals surface area (Å²) < 4.78 is 12.2. The standard InChI is InChI=1S/C11H21NOS/c12-9-4-3-7-11(8-9)14(13)10-5-1-2-6-10/h9-11H,1-8,12H2. The van der Waals surface area contributed by atoms with Gasteiger partial charge in [0.1, 0.15) is 0 Å². The number of nitrogens with two attached hydrogens (primary N) is 1. The van der Waals surface area contributed by atoms with E-state index in [9.17, 15) is 4.21 Å². The second-order valence-corrected chi connectivity index (χ2v) is 6.77. The minimum Gasteiger partial charge on any atom is -0.328 e. The average molecular weight is 215 g/mol. The fourth-order valence-corrected chi connectivity index (χ4v) is 4.96. The van der Waals surface area contributed by atoms with Gasteiger partial charge in [0.2, 0.25) is 0 Å². The first-order valence-corrected chi connectivity index (χ1v) is 7.20. The molecule has 2 nitrogen and oxygen atoms in total. The van der Waals surface area contributed by atoms with Gasteiger partial charge in [-0.15, -0.1) is 0 Å². The molecule has 2 saturated carbocycles. The third kappa shape index (κ3) is 2.37. The van der Waals surface area contributed by atoms with Crippen molar-refractivity contribution in [2.75, 3.05) is 0 Å². The molecule has 0 saturated heterocycles. The highest BCUT2D eigenvalue weighted by Crippen LogP contribution is 2.30. The summed E-state index contributed by atoms with van der Waals surface area (Å²) in [6.45, 7) is 0. The molecule has 3 heteroatoms. The number of hydrogen-bond acceptors (Lipinski definition) is 2. The van der Waals surface area contributed by atoms with Gasteiger partial charge in [0, 0.05) is 27.3 Å². The van der Waals surface area contributed by atoms with E-state index in [2.05, 4.69) is 0 Å². The van der Waals surface area contributed by atoms with E-state index in [1.165, 1.54) is 32.1 Å². The van der Waals surface area contributed by atoms with Gasteiger partial charge in [-0.3, -0.25) is 4.21 Å². The molecule has 0 amide bonds. The fourth-order valence-electron chi connectivity index (χ4n) is 2.78. The summed E-state index contributed by atoms with van der Waals surface area (Å²) in [5.41, 5.74) is 5.93. The molecule has 2 aliphatic carbocycles. The molecular weight excluding hydrogens is 194 g/mol. The summed E-state index contributed by atoms with van der Waals surface area (Å²) in [6.07, 6.45) is 9.43. The van der Waals surface area contributed by atoms with Crippen LogP contribution in [-0.2, 0) is 10.8 Å². The zero-order chi connectivity index (χ0) is 9.97. The number of rotatable bonds is 2. The highest BCUT2D eigenvalue weighted by atomic mass is 32.2. The van der Waals surface area contributed by atoms with Crippen LogP contribution in [0.2, 0.25) is 0 Å². The Kier molecular flexibility index (Phi) is 3.61. The molecule has 2 fully saturated rings. The molecule has 2 aliphatic rings. The quantitative estimate of drug-likeness (QED) is 0.765. The van der Waals surface area contributed by atoms with E-state index in [1.54, 1.807) is 0 Å². The van der Waals surface area contributed by atoms with Gasteiger partial charge in [0.05, 0.1) is 0 Å². The Morgan fingerprint density at radius 3 is 2.21 bits per heavy atom. The van der Waals surface area contributed by atoms with Gasteiger partial charge >= 0.3 is 0 Å². The molecule has 14 heavy (non-hydrogen) atoms. The van der Waals surface area contributed by atoms with Crippen LogP contribution in [0.3, 0.4) is 0 Å². The minimum atomic E-state index is -0.582. The molecule has 3 unspecified atom stereocenters. The van der Waals surface area contributed by atoms with E-state index in [0.717, 1.165) is 19.3 Å². The summed E-state index contributed by atoms with van der Waals surface area (Å²) in [5, 5.41) is 0.923. The van der Waals surface area contributed by atoms with Gasteiger partial charge in [-0.25, -0.2) is 0 Å². The van der Waals surface area contributed by atoms with Gasteiger partial charge < -0.3 is 5.73 Å². The Balaban J connectivity index is 1.89. The molecule has 0 aromatic heterocycles. The first-order chi connectivity index (χ1) is 6.77. The van der Waals surface area contributed by atoms with Crippen molar-refractivity contribution in [2.24, 2.45) is 5.73 Å². The van der Waals surface area contributed by atoms with E-state index in [4.69, 9.17) is 5.73 Å². The Labute approximate surface area is 89.1 Å². The average Bonchev–Trinajstić information content (AvgIpc) is 2.69. The van der Waals surface area contributed by atoms with E-state index in [-0.39, 0.29) is 0 Å². The molecule has 0 aliphatic heterocycles. The Morgan fingerprint density at radius 1 is 0.929 bits per heavy atom. The van der Waals surface area contributed by atoms with Crippen molar-refractivity contribution in [2.45, 2.75) is 67.9 Å². The lowest BCUT2D eigenvalue weighted by molar-refractivity contribution is 0.442. The maximum atomic E-state index is 12.2. The molecular formula is C11H21NOS. The van der Waals surface area contributed by atoms with Crippen molar-refractivity contribution in [1.29, 1.82) is 0 Å². The molecule has 0 heterocycles. The van der Waals surface area contributed by atoms with Crippen LogP contribution >= 0.6 is 0 Å².